The minimum Gasteiger partial charge on any atom is -0.479 e. The van der Waals surface area contributed by atoms with Gasteiger partial charge in [0.25, 0.3) is 5.91 Å². The van der Waals surface area contributed by atoms with Crippen molar-refractivity contribution >= 4 is 28.5 Å². The molecule has 2 heterocycles. The predicted octanol–water partition coefficient (Wildman–Crippen LogP) is 4.26. The summed E-state index contributed by atoms with van der Waals surface area (Å²) in [6.45, 7) is 13.8. The molecule has 0 spiro atoms. The monoisotopic (exact) mass is 434 g/mol. The summed E-state index contributed by atoms with van der Waals surface area (Å²) in [5, 5.41) is 7.83. The Hall–Kier alpha value is -2.05. The van der Waals surface area contributed by atoms with Crippen molar-refractivity contribution < 1.29 is 13.9 Å². The summed E-state index contributed by atoms with van der Waals surface area (Å²) in [6, 6.07) is 3.33. The molecular formula is C23H31ClN2O4. The average Bonchev–Trinajstić information content (AvgIpc) is 2.58. The summed E-state index contributed by atoms with van der Waals surface area (Å²) in [6.07, 6.45) is 0.907. The Kier molecular flexibility index (Phi) is 5.95. The van der Waals surface area contributed by atoms with Crippen molar-refractivity contribution in [3.05, 3.63) is 38.7 Å². The summed E-state index contributed by atoms with van der Waals surface area (Å²) < 4.78 is 11.2. The predicted molar refractivity (Wildman–Crippen MR) is 120 cm³/mol. The number of amides is 1. The molecule has 1 aromatic heterocycles. The molecule has 0 aliphatic carbocycles. The van der Waals surface area contributed by atoms with Gasteiger partial charge in [-0.2, -0.15) is 0 Å². The third-order valence-corrected chi connectivity index (χ3v) is 6.01. The van der Waals surface area contributed by atoms with Crippen molar-refractivity contribution in [1.82, 2.24) is 10.6 Å². The summed E-state index contributed by atoms with van der Waals surface area (Å²) in [4.78, 5) is 24.8. The Balaban J connectivity index is 1.77. The molecular weight excluding hydrogens is 404 g/mol. The van der Waals surface area contributed by atoms with E-state index < -0.39 is 11.7 Å². The van der Waals surface area contributed by atoms with Gasteiger partial charge in [-0.15, -0.1) is 0 Å². The Morgan fingerprint density at radius 1 is 1.20 bits per heavy atom. The van der Waals surface area contributed by atoms with Gasteiger partial charge in [-0.25, -0.2) is 4.79 Å². The van der Waals surface area contributed by atoms with E-state index in [0.29, 0.717) is 21.9 Å². The first-order valence-electron chi connectivity index (χ1n) is 10.3. The molecule has 1 fully saturated rings. The van der Waals surface area contributed by atoms with Crippen molar-refractivity contribution in [3.63, 3.8) is 0 Å². The molecule has 1 amide bonds. The minimum atomic E-state index is -0.751. The number of piperidine rings is 1. The van der Waals surface area contributed by atoms with E-state index >= 15 is 0 Å². The second-order valence-corrected chi connectivity index (χ2v) is 10.1. The van der Waals surface area contributed by atoms with Crippen LogP contribution in [0.1, 0.15) is 58.6 Å². The molecule has 1 saturated heterocycles. The Morgan fingerprint density at radius 3 is 2.40 bits per heavy atom. The number of hydrogen-bond donors (Lipinski definition) is 2. The molecule has 0 unspecified atom stereocenters. The standard InChI is InChI=1S/C23H31ClN2O4/c1-12-13(2)21(28)30-18-9-19(17(24)8-16(12)18)29-14(3)20(27)25-15-10-22(4,5)26-23(6,7)11-15/h8-9,14-15,26H,10-11H2,1-7H3,(H,25,27)/t14-/m1/s1. The molecule has 1 aliphatic rings. The maximum atomic E-state index is 12.8. The van der Waals surface area contributed by atoms with Crippen LogP contribution < -0.4 is 21.0 Å². The zero-order chi connectivity index (χ0) is 22.4. The third-order valence-electron chi connectivity index (χ3n) is 5.72. The van der Waals surface area contributed by atoms with E-state index in [0.717, 1.165) is 23.8 Å². The van der Waals surface area contributed by atoms with E-state index in [1.807, 2.05) is 6.92 Å². The van der Waals surface area contributed by atoms with Gasteiger partial charge in [-0.1, -0.05) is 11.6 Å². The molecule has 1 atom stereocenters. The number of ether oxygens (including phenoxy) is 1. The van der Waals surface area contributed by atoms with Gasteiger partial charge < -0.3 is 19.8 Å². The average molecular weight is 435 g/mol. The number of carbonyl (C=O) groups excluding carboxylic acids is 1. The van der Waals surface area contributed by atoms with Gasteiger partial charge in [0.15, 0.2) is 6.10 Å². The van der Waals surface area contributed by atoms with Gasteiger partial charge in [-0.05, 0) is 72.9 Å². The zero-order valence-corrected chi connectivity index (χ0v) is 19.5. The molecule has 3 rings (SSSR count). The third kappa shape index (κ3) is 4.81. The van der Waals surface area contributed by atoms with E-state index in [9.17, 15) is 9.59 Å². The van der Waals surface area contributed by atoms with Crippen molar-refractivity contribution in [2.45, 2.75) is 84.5 Å². The van der Waals surface area contributed by atoms with Gasteiger partial charge in [0.2, 0.25) is 0 Å². The number of carbonyl (C=O) groups is 1. The molecule has 2 aromatic rings. The Labute approximate surface area is 182 Å². The molecule has 7 heteroatoms. The van der Waals surface area contributed by atoms with Gasteiger partial charge in [0.1, 0.15) is 11.3 Å². The lowest BCUT2D eigenvalue weighted by molar-refractivity contribution is -0.128. The van der Waals surface area contributed by atoms with Gasteiger partial charge in [0.05, 0.1) is 5.02 Å². The first-order valence-corrected chi connectivity index (χ1v) is 10.7. The molecule has 1 aliphatic heterocycles. The SMILES string of the molecule is Cc1c(C)c2cc(Cl)c(O[C@H](C)C(=O)NC3CC(C)(C)NC(C)(C)C3)cc2oc1=O. The number of fused-ring (bicyclic) bond motifs is 1. The van der Waals surface area contributed by atoms with Crippen LogP contribution in [0.3, 0.4) is 0 Å². The quantitative estimate of drug-likeness (QED) is 0.703. The first-order chi connectivity index (χ1) is 13.8. The van der Waals surface area contributed by atoms with E-state index in [1.165, 1.54) is 0 Å². The lowest BCUT2D eigenvalue weighted by atomic mass is 9.79. The fourth-order valence-electron chi connectivity index (χ4n) is 4.52. The summed E-state index contributed by atoms with van der Waals surface area (Å²) in [5.74, 6) is 0.107. The van der Waals surface area contributed by atoms with Gasteiger partial charge >= 0.3 is 5.63 Å². The van der Waals surface area contributed by atoms with Crippen LogP contribution in [0.5, 0.6) is 5.75 Å². The van der Waals surface area contributed by atoms with Crippen molar-refractivity contribution in [2.75, 3.05) is 0 Å². The fraction of sp³-hybridized carbons (Fsp3) is 0.565. The molecule has 0 bridgehead atoms. The van der Waals surface area contributed by atoms with Crippen molar-refractivity contribution in [1.29, 1.82) is 0 Å². The molecule has 2 N–H and O–H groups in total. The Bertz CT molecular complexity index is 1030. The molecule has 1 aromatic carbocycles. The molecule has 0 radical (unpaired) electrons. The van der Waals surface area contributed by atoms with Gasteiger partial charge in [-0.3, -0.25) is 4.79 Å². The maximum absolute atomic E-state index is 12.8. The number of benzene rings is 1. The number of aryl methyl sites for hydroxylation is 1. The van der Waals surface area contributed by atoms with E-state index in [2.05, 4.69) is 38.3 Å². The lowest BCUT2D eigenvalue weighted by Gasteiger charge is -2.46. The lowest BCUT2D eigenvalue weighted by Crippen LogP contribution is -2.62. The highest BCUT2D eigenvalue weighted by Gasteiger charge is 2.38. The highest BCUT2D eigenvalue weighted by molar-refractivity contribution is 6.32. The normalized spacial score (nSPS) is 19.5. The number of halogens is 1. The zero-order valence-electron chi connectivity index (χ0n) is 18.7. The van der Waals surface area contributed by atoms with Crippen LogP contribution >= 0.6 is 11.6 Å². The van der Waals surface area contributed by atoms with Crippen LogP contribution in [0, 0.1) is 13.8 Å². The Morgan fingerprint density at radius 2 is 1.80 bits per heavy atom. The highest BCUT2D eigenvalue weighted by atomic mass is 35.5. The number of nitrogens with one attached hydrogen (secondary N) is 2. The number of hydrogen-bond acceptors (Lipinski definition) is 5. The fourth-order valence-corrected chi connectivity index (χ4v) is 4.73. The van der Waals surface area contributed by atoms with Crippen LogP contribution in [0.4, 0.5) is 0 Å². The number of rotatable bonds is 4. The van der Waals surface area contributed by atoms with Crippen LogP contribution in [0.15, 0.2) is 21.3 Å². The summed E-state index contributed by atoms with van der Waals surface area (Å²) in [5.41, 5.74) is 1.22. The highest BCUT2D eigenvalue weighted by Crippen LogP contribution is 2.33. The van der Waals surface area contributed by atoms with E-state index in [1.54, 1.807) is 26.0 Å². The van der Waals surface area contributed by atoms with E-state index in [4.69, 9.17) is 20.8 Å². The molecule has 6 nitrogen and oxygen atoms in total. The molecule has 30 heavy (non-hydrogen) atoms. The van der Waals surface area contributed by atoms with Crippen LogP contribution in [-0.4, -0.2) is 29.1 Å². The second kappa shape index (κ2) is 7.89. The minimum absolute atomic E-state index is 0.0468. The van der Waals surface area contributed by atoms with Gasteiger partial charge in [0, 0.05) is 34.1 Å². The smallest absolute Gasteiger partial charge is 0.339 e. The van der Waals surface area contributed by atoms with Crippen molar-refractivity contribution in [3.8, 4) is 5.75 Å². The topological polar surface area (TPSA) is 80.6 Å². The van der Waals surface area contributed by atoms with E-state index in [-0.39, 0.29) is 23.0 Å². The largest absolute Gasteiger partial charge is 0.479 e. The van der Waals surface area contributed by atoms with Crippen LogP contribution in [0.2, 0.25) is 5.02 Å². The van der Waals surface area contributed by atoms with Crippen LogP contribution in [-0.2, 0) is 4.79 Å². The maximum Gasteiger partial charge on any atom is 0.339 e. The van der Waals surface area contributed by atoms with Crippen LogP contribution in [0.25, 0.3) is 11.0 Å². The summed E-state index contributed by atoms with van der Waals surface area (Å²) in [7, 11) is 0. The van der Waals surface area contributed by atoms with Crippen molar-refractivity contribution in [2.24, 2.45) is 0 Å². The summed E-state index contributed by atoms with van der Waals surface area (Å²) >= 11 is 6.40. The molecule has 0 saturated carbocycles. The second-order valence-electron chi connectivity index (χ2n) is 9.68. The first kappa shape index (κ1) is 22.6. The molecule has 164 valence electrons.